The number of carbonyl (C=O) groups is 1. The fraction of sp³-hybridized carbons (Fsp3) is 0.360. The van der Waals surface area contributed by atoms with Gasteiger partial charge in [0.25, 0.3) is 5.91 Å². The Labute approximate surface area is 187 Å². The van der Waals surface area contributed by atoms with Gasteiger partial charge in [-0.15, -0.1) is 0 Å². The topological polar surface area (TPSA) is 66.5 Å². The molecule has 2 heterocycles. The number of fused-ring (bicyclic) bond motifs is 1. The fourth-order valence-corrected chi connectivity index (χ4v) is 4.19. The minimum atomic E-state index is -0.222. The highest BCUT2D eigenvalue weighted by Crippen LogP contribution is 2.25. The van der Waals surface area contributed by atoms with Gasteiger partial charge < -0.3 is 9.64 Å². The molecule has 1 fully saturated rings. The van der Waals surface area contributed by atoms with Gasteiger partial charge in [0.05, 0.1) is 23.9 Å². The van der Waals surface area contributed by atoms with E-state index >= 15 is 0 Å². The smallest absolute Gasteiger partial charge is 0.255 e. The van der Waals surface area contributed by atoms with Gasteiger partial charge in [-0.25, -0.2) is 4.39 Å². The van der Waals surface area contributed by atoms with Crippen molar-refractivity contribution in [3.8, 4) is 5.75 Å². The lowest BCUT2D eigenvalue weighted by Gasteiger charge is -2.19. The maximum Gasteiger partial charge on any atom is 0.255 e. The van der Waals surface area contributed by atoms with Crippen molar-refractivity contribution in [2.24, 2.45) is 0 Å². The zero-order valence-corrected chi connectivity index (χ0v) is 18.7. The average Bonchev–Trinajstić information content (AvgIpc) is 3.27. The summed E-state index contributed by atoms with van der Waals surface area (Å²) in [5.74, 6) is 0.507. The zero-order valence-electron chi connectivity index (χ0n) is 18.7. The molecule has 1 aliphatic heterocycles. The summed E-state index contributed by atoms with van der Waals surface area (Å²) in [5.41, 5.74) is 9.85. The highest BCUT2D eigenvalue weighted by Gasteiger charge is 2.25. The number of methoxy groups -OCH3 is 1. The number of halogens is 1. The third kappa shape index (κ3) is 4.89. The normalized spacial score (nSPS) is 18.1. The Morgan fingerprint density at radius 3 is 2.72 bits per heavy atom. The van der Waals surface area contributed by atoms with Crippen LogP contribution in [0.3, 0.4) is 0 Å². The van der Waals surface area contributed by atoms with Crippen molar-refractivity contribution < 1.29 is 13.9 Å². The Hall–Kier alpha value is -3.03. The van der Waals surface area contributed by atoms with Gasteiger partial charge >= 0.3 is 0 Å². The maximum absolute atomic E-state index is 13.1. The Morgan fingerprint density at radius 2 is 1.97 bits per heavy atom. The van der Waals surface area contributed by atoms with Crippen molar-refractivity contribution in [1.82, 2.24) is 20.7 Å². The fourth-order valence-electron chi connectivity index (χ4n) is 4.19. The first kappa shape index (κ1) is 22.2. The zero-order chi connectivity index (χ0) is 22.7. The first-order valence-electron chi connectivity index (χ1n) is 10.9. The molecule has 0 radical (unpaired) electrons. The lowest BCUT2D eigenvalue weighted by Crippen LogP contribution is -2.32. The van der Waals surface area contributed by atoms with Crippen LogP contribution in [0.1, 0.15) is 46.9 Å². The van der Waals surface area contributed by atoms with E-state index in [9.17, 15) is 9.18 Å². The molecule has 2 N–H and O–H groups in total. The highest BCUT2D eigenvalue weighted by atomic mass is 19.1. The number of pyridine rings is 1. The molecule has 6 nitrogen and oxygen atoms in total. The average molecular weight is 437 g/mol. The molecule has 2 atom stereocenters. The predicted molar refractivity (Wildman–Crippen MR) is 123 cm³/mol. The van der Waals surface area contributed by atoms with Crippen LogP contribution >= 0.6 is 0 Å². The summed E-state index contributed by atoms with van der Waals surface area (Å²) in [7, 11) is 3.46. The number of hydrogen-bond donors (Lipinski definition) is 2. The number of nitrogens with zero attached hydrogens (tertiary/aromatic N) is 2. The molecular weight excluding hydrogens is 407 g/mol. The van der Waals surface area contributed by atoms with E-state index in [0.717, 1.165) is 41.5 Å². The Bertz CT molecular complexity index is 1100. The van der Waals surface area contributed by atoms with Crippen LogP contribution in [0.25, 0.3) is 10.9 Å². The number of carbonyl (C=O) groups excluding carboxylic acids is 1. The molecule has 32 heavy (non-hydrogen) atoms. The molecular formula is C25H29FN4O2. The Kier molecular flexibility index (Phi) is 6.67. The number of hydrogen-bond acceptors (Lipinski definition) is 5. The number of ether oxygens (including phenoxy) is 1. The molecule has 1 aliphatic rings. The Balaban J connectivity index is 1.31. The van der Waals surface area contributed by atoms with E-state index in [1.165, 1.54) is 12.1 Å². The quantitative estimate of drug-likeness (QED) is 0.583. The molecule has 7 heteroatoms. The van der Waals surface area contributed by atoms with E-state index in [-0.39, 0.29) is 17.8 Å². The third-order valence-electron chi connectivity index (χ3n) is 6.09. The lowest BCUT2D eigenvalue weighted by atomic mass is 9.99. The van der Waals surface area contributed by atoms with E-state index in [1.54, 1.807) is 12.0 Å². The van der Waals surface area contributed by atoms with Crippen LogP contribution < -0.4 is 15.6 Å². The highest BCUT2D eigenvalue weighted by molar-refractivity contribution is 5.98. The van der Waals surface area contributed by atoms with Crippen LogP contribution in [-0.4, -0.2) is 42.5 Å². The van der Waals surface area contributed by atoms with E-state index in [4.69, 9.17) is 4.74 Å². The van der Waals surface area contributed by atoms with Crippen LogP contribution in [0.5, 0.6) is 5.75 Å². The van der Waals surface area contributed by atoms with E-state index in [2.05, 4.69) is 15.8 Å². The number of hydrazine groups is 1. The SMILES string of the molecule is COc1ccc2cc(C(=O)N(C)CCCC3CC(c4ccc(F)cc4)NN3)c(C)nc2c1. The summed E-state index contributed by atoms with van der Waals surface area (Å²) in [6.45, 7) is 2.53. The number of benzene rings is 2. The molecule has 0 spiro atoms. The van der Waals surface area contributed by atoms with E-state index in [1.807, 2.05) is 50.4 Å². The molecule has 2 aromatic carbocycles. The molecule has 3 aromatic rings. The second kappa shape index (κ2) is 9.63. The van der Waals surface area contributed by atoms with Crippen LogP contribution in [0.4, 0.5) is 4.39 Å². The maximum atomic E-state index is 13.1. The second-order valence-electron chi connectivity index (χ2n) is 8.37. The van der Waals surface area contributed by atoms with Crippen LogP contribution in [0, 0.1) is 12.7 Å². The van der Waals surface area contributed by atoms with Gasteiger partial charge in [-0.05, 0) is 62.1 Å². The molecule has 0 saturated carbocycles. The molecule has 0 bridgehead atoms. The van der Waals surface area contributed by atoms with E-state index < -0.39 is 0 Å². The van der Waals surface area contributed by atoms with Crippen molar-refractivity contribution in [2.75, 3.05) is 20.7 Å². The van der Waals surface area contributed by atoms with Crippen LogP contribution in [0.2, 0.25) is 0 Å². The molecule has 1 saturated heterocycles. The molecule has 2 unspecified atom stereocenters. The number of aromatic nitrogens is 1. The first-order chi connectivity index (χ1) is 15.4. The number of amides is 1. The van der Waals surface area contributed by atoms with Gasteiger partial charge in [0.15, 0.2) is 0 Å². The summed E-state index contributed by atoms with van der Waals surface area (Å²) < 4.78 is 18.4. The molecule has 168 valence electrons. The molecule has 0 aliphatic carbocycles. The Morgan fingerprint density at radius 1 is 1.19 bits per heavy atom. The van der Waals surface area contributed by atoms with Gasteiger partial charge in [0, 0.05) is 37.1 Å². The van der Waals surface area contributed by atoms with Crippen LogP contribution in [-0.2, 0) is 0 Å². The first-order valence-corrected chi connectivity index (χ1v) is 10.9. The van der Waals surface area contributed by atoms with Gasteiger partial charge in [-0.3, -0.25) is 20.6 Å². The largest absolute Gasteiger partial charge is 0.497 e. The van der Waals surface area contributed by atoms with Crippen molar-refractivity contribution in [2.45, 2.75) is 38.3 Å². The minimum Gasteiger partial charge on any atom is -0.497 e. The van der Waals surface area contributed by atoms with Gasteiger partial charge in [0.1, 0.15) is 11.6 Å². The van der Waals surface area contributed by atoms with Crippen LogP contribution in [0.15, 0.2) is 48.5 Å². The molecule has 4 rings (SSSR count). The summed E-state index contributed by atoms with van der Waals surface area (Å²) in [5, 5.41) is 0.918. The van der Waals surface area contributed by atoms with Crippen molar-refractivity contribution in [3.63, 3.8) is 0 Å². The lowest BCUT2D eigenvalue weighted by molar-refractivity contribution is 0.0790. The minimum absolute atomic E-state index is 0.0191. The summed E-state index contributed by atoms with van der Waals surface area (Å²) >= 11 is 0. The molecule has 1 amide bonds. The van der Waals surface area contributed by atoms with Gasteiger partial charge in [-0.1, -0.05) is 12.1 Å². The van der Waals surface area contributed by atoms with E-state index in [0.29, 0.717) is 23.8 Å². The van der Waals surface area contributed by atoms with Crippen molar-refractivity contribution >= 4 is 16.8 Å². The third-order valence-corrected chi connectivity index (χ3v) is 6.09. The summed E-state index contributed by atoms with van der Waals surface area (Å²) in [4.78, 5) is 19.4. The standard InChI is InChI=1S/C25H29FN4O2/c1-16-22(13-18-8-11-21(32-3)15-23(18)27-16)25(31)30(2)12-4-5-20-14-24(29-28-20)17-6-9-19(26)10-7-17/h6-11,13,15,20,24,28-29H,4-5,12,14H2,1-3H3. The van der Waals surface area contributed by atoms with Gasteiger partial charge in [0.2, 0.25) is 0 Å². The summed E-state index contributed by atoms with van der Waals surface area (Å²) in [6.07, 6.45) is 2.76. The number of aryl methyl sites for hydroxylation is 1. The number of rotatable bonds is 7. The summed E-state index contributed by atoms with van der Waals surface area (Å²) in [6, 6.07) is 14.7. The number of nitrogens with one attached hydrogen (secondary N) is 2. The monoisotopic (exact) mass is 436 g/mol. The predicted octanol–water partition coefficient (Wildman–Crippen LogP) is 4.15. The second-order valence-corrected chi connectivity index (χ2v) is 8.37. The van der Waals surface area contributed by atoms with Gasteiger partial charge in [-0.2, -0.15) is 0 Å². The van der Waals surface area contributed by atoms with Crippen molar-refractivity contribution in [3.05, 3.63) is 71.2 Å². The molecule has 1 aromatic heterocycles. The van der Waals surface area contributed by atoms with Crippen molar-refractivity contribution in [1.29, 1.82) is 0 Å².